The van der Waals surface area contributed by atoms with E-state index in [0.29, 0.717) is 11.8 Å². The largest absolute Gasteiger partial charge is 0.303 e. The first-order chi connectivity index (χ1) is 4.74. The molecule has 1 heteroatoms. The standard InChI is InChI=1S/C9H16O/c1-7-3-4-8(2)9(5-7)6-10/h6-9H,3-5H2,1-2H3. The maximum atomic E-state index is 10.5. The Bertz CT molecular complexity index is 120. The van der Waals surface area contributed by atoms with Crippen LogP contribution in [-0.4, -0.2) is 6.29 Å². The van der Waals surface area contributed by atoms with E-state index in [0.717, 1.165) is 18.6 Å². The fourth-order valence-corrected chi connectivity index (χ4v) is 1.77. The van der Waals surface area contributed by atoms with Gasteiger partial charge in [-0.15, -0.1) is 0 Å². The maximum Gasteiger partial charge on any atom is 0.123 e. The van der Waals surface area contributed by atoms with E-state index in [1.54, 1.807) is 0 Å². The average molecular weight is 140 g/mol. The molecule has 1 aliphatic carbocycles. The minimum Gasteiger partial charge on any atom is -0.303 e. The Labute approximate surface area is 62.8 Å². The van der Waals surface area contributed by atoms with Crippen LogP contribution in [0.25, 0.3) is 0 Å². The van der Waals surface area contributed by atoms with Crippen LogP contribution in [0, 0.1) is 17.8 Å². The van der Waals surface area contributed by atoms with Crippen molar-refractivity contribution in [3.05, 3.63) is 0 Å². The lowest BCUT2D eigenvalue weighted by Gasteiger charge is -2.28. The van der Waals surface area contributed by atoms with Gasteiger partial charge in [0.2, 0.25) is 0 Å². The van der Waals surface area contributed by atoms with Crippen LogP contribution in [-0.2, 0) is 4.79 Å². The van der Waals surface area contributed by atoms with Crippen LogP contribution < -0.4 is 0 Å². The first-order valence-electron chi connectivity index (χ1n) is 4.19. The number of hydrogen-bond donors (Lipinski definition) is 0. The third-order valence-electron chi connectivity index (χ3n) is 2.70. The van der Waals surface area contributed by atoms with Gasteiger partial charge >= 0.3 is 0 Å². The molecule has 0 aromatic rings. The minimum absolute atomic E-state index is 0.351. The van der Waals surface area contributed by atoms with Gasteiger partial charge in [0, 0.05) is 5.92 Å². The van der Waals surface area contributed by atoms with Crippen molar-refractivity contribution in [2.45, 2.75) is 33.1 Å². The smallest absolute Gasteiger partial charge is 0.123 e. The molecule has 3 atom stereocenters. The molecule has 0 radical (unpaired) electrons. The second-order valence-corrected chi connectivity index (χ2v) is 3.70. The number of hydrogen-bond acceptors (Lipinski definition) is 1. The maximum absolute atomic E-state index is 10.5. The molecule has 1 rings (SSSR count). The molecular formula is C9H16O. The summed E-state index contributed by atoms with van der Waals surface area (Å²) in [5.74, 6) is 1.75. The molecule has 0 bridgehead atoms. The predicted molar refractivity (Wildman–Crippen MR) is 41.7 cm³/mol. The van der Waals surface area contributed by atoms with Crippen molar-refractivity contribution < 1.29 is 4.79 Å². The van der Waals surface area contributed by atoms with Crippen LogP contribution >= 0.6 is 0 Å². The van der Waals surface area contributed by atoms with Crippen molar-refractivity contribution in [1.29, 1.82) is 0 Å². The normalized spacial score (nSPS) is 41.2. The monoisotopic (exact) mass is 140 g/mol. The number of aldehydes is 1. The molecule has 1 aliphatic rings. The number of carbonyl (C=O) groups excluding carboxylic acids is 1. The summed E-state index contributed by atoms with van der Waals surface area (Å²) in [6.45, 7) is 4.42. The van der Waals surface area contributed by atoms with Crippen LogP contribution in [0.3, 0.4) is 0 Å². The predicted octanol–water partition coefficient (Wildman–Crippen LogP) is 2.26. The van der Waals surface area contributed by atoms with Gasteiger partial charge in [0.15, 0.2) is 0 Å². The summed E-state index contributed by atoms with van der Waals surface area (Å²) in [6.07, 6.45) is 4.81. The molecule has 1 saturated carbocycles. The molecule has 3 unspecified atom stereocenters. The van der Waals surface area contributed by atoms with E-state index in [4.69, 9.17) is 0 Å². The summed E-state index contributed by atoms with van der Waals surface area (Å²) < 4.78 is 0. The lowest BCUT2D eigenvalue weighted by atomic mass is 9.76. The van der Waals surface area contributed by atoms with E-state index in [2.05, 4.69) is 13.8 Å². The molecule has 58 valence electrons. The van der Waals surface area contributed by atoms with E-state index in [1.807, 2.05) is 0 Å². The van der Waals surface area contributed by atoms with Crippen molar-refractivity contribution in [1.82, 2.24) is 0 Å². The van der Waals surface area contributed by atoms with E-state index in [9.17, 15) is 4.79 Å². The van der Waals surface area contributed by atoms with Crippen molar-refractivity contribution in [2.24, 2.45) is 17.8 Å². The molecule has 0 spiro atoms. The number of rotatable bonds is 1. The summed E-state index contributed by atoms with van der Waals surface area (Å²) in [7, 11) is 0. The molecule has 10 heavy (non-hydrogen) atoms. The zero-order valence-corrected chi connectivity index (χ0v) is 6.84. The zero-order chi connectivity index (χ0) is 7.56. The van der Waals surface area contributed by atoms with Crippen molar-refractivity contribution in [2.75, 3.05) is 0 Å². The summed E-state index contributed by atoms with van der Waals surface area (Å²) in [5, 5.41) is 0. The van der Waals surface area contributed by atoms with E-state index >= 15 is 0 Å². The highest BCUT2D eigenvalue weighted by molar-refractivity contribution is 5.54. The lowest BCUT2D eigenvalue weighted by Crippen LogP contribution is -2.22. The van der Waals surface area contributed by atoms with Gasteiger partial charge in [0.25, 0.3) is 0 Å². The van der Waals surface area contributed by atoms with E-state index in [-0.39, 0.29) is 0 Å². The third kappa shape index (κ3) is 1.59. The Morgan fingerprint density at radius 3 is 2.50 bits per heavy atom. The Balaban J connectivity index is 2.45. The lowest BCUT2D eigenvalue weighted by molar-refractivity contribution is -0.113. The molecular weight excluding hydrogens is 124 g/mol. The van der Waals surface area contributed by atoms with Gasteiger partial charge in [-0.2, -0.15) is 0 Å². The second-order valence-electron chi connectivity index (χ2n) is 3.70. The molecule has 1 nitrogen and oxygen atoms in total. The van der Waals surface area contributed by atoms with Crippen LogP contribution in [0.1, 0.15) is 33.1 Å². The zero-order valence-electron chi connectivity index (χ0n) is 6.84. The summed E-state index contributed by atoms with van der Waals surface area (Å²) in [4.78, 5) is 10.5. The minimum atomic E-state index is 0.351. The first-order valence-corrected chi connectivity index (χ1v) is 4.19. The van der Waals surface area contributed by atoms with Gasteiger partial charge in [0.1, 0.15) is 6.29 Å². The Kier molecular flexibility index (Phi) is 2.47. The van der Waals surface area contributed by atoms with Gasteiger partial charge in [0.05, 0.1) is 0 Å². The summed E-state index contributed by atoms with van der Waals surface area (Å²) in [5.41, 5.74) is 0. The second kappa shape index (κ2) is 3.18. The molecule has 0 aromatic carbocycles. The van der Waals surface area contributed by atoms with Gasteiger partial charge in [-0.25, -0.2) is 0 Å². The third-order valence-corrected chi connectivity index (χ3v) is 2.70. The number of carbonyl (C=O) groups is 1. The molecule has 0 heterocycles. The van der Waals surface area contributed by atoms with Gasteiger partial charge in [-0.05, 0) is 24.7 Å². The van der Waals surface area contributed by atoms with Gasteiger partial charge in [-0.1, -0.05) is 20.3 Å². The molecule has 1 fully saturated rings. The van der Waals surface area contributed by atoms with Crippen molar-refractivity contribution in [3.63, 3.8) is 0 Å². The van der Waals surface area contributed by atoms with E-state index in [1.165, 1.54) is 12.8 Å². The average Bonchev–Trinajstić information content (AvgIpc) is 1.94. The molecule has 0 aromatic heterocycles. The molecule has 0 aliphatic heterocycles. The first kappa shape index (κ1) is 7.77. The van der Waals surface area contributed by atoms with Crippen LogP contribution in [0.15, 0.2) is 0 Å². The van der Waals surface area contributed by atoms with Crippen molar-refractivity contribution >= 4 is 6.29 Å². The summed E-state index contributed by atoms with van der Waals surface area (Å²) >= 11 is 0. The molecule has 0 saturated heterocycles. The SMILES string of the molecule is CC1CCC(C)C(C=O)C1. The van der Waals surface area contributed by atoms with Crippen LogP contribution in [0.2, 0.25) is 0 Å². The highest BCUT2D eigenvalue weighted by Crippen LogP contribution is 2.31. The van der Waals surface area contributed by atoms with Gasteiger partial charge < -0.3 is 4.79 Å². The fraction of sp³-hybridized carbons (Fsp3) is 0.889. The topological polar surface area (TPSA) is 17.1 Å². The quantitative estimate of drug-likeness (QED) is 0.510. The highest BCUT2D eigenvalue weighted by Gasteiger charge is 2.24. The Morgan fingerprint density at radius 2 is 2.00 bits per heavy atom. The highest BCUT2D eigenvalue weighted by atomic mass is 16.1. The molecule has 0 amide bonds. The fourth-order valence-electron chi connectivity index (χ4n) is 1.77. The van der Waals surface area contributed by atoms with Gasteiger partial charge in [-0.3, -0.25) is 0 Å². The van der Waals surface area contributed by atoms with Crippen molar-refractivity contribution in [3.8, 4) is 0 Å². The molecule has 0 N–H and O–H groups in total. The van der Waals surface area contributed by atoms with Crippen LogP contribution in [0.5, 0.6) is 0 Å². The van der Waals surface area contributed by atoms with Crippen LogP contribution in [0.4, 0.5) is 0 Å². The van der Waals surface area contributed by atoms with E-state index < -0.39 is 0 Å². The Hall–Kier alpha value is -0.330. The summed E-state index contributed by atoms with van der Waals surface area (Å²) in [6, 6.07) is 0. The Morgan fingerprint density at radius 1 is 1.30 bits per heavy atom.